The summed E-state index contributed by atoms with van der Waals surface area (Å²) in [6.07, 6.45) is 0. The molecule has 0 atom stereocenters. The van der Waals surface area contributed by atoms with Gasteiger partial charge in [0.1, 0.15) is 11.2 Å². The summed E-state index contributed by atoms with van der Waals surface area (Å²) in [5.74, 6) is 0. The lowest BCUT2D eigenvalue weighted by molar-refractivity contribution is 0.670. The van der Waals surface area contributed by atoms with Gasteiger partial charge in [0.2, 0.25) is 0 Å². The summed E-state index contributed by atoms with van der Waals surface area (Å²) in [5.41, 5.74) is 14.4. The SMILES string of the molecule is c1ccc(-c2c(-c3ccccc3)c3cc(-c4cccc(N(c5cccc(-c6cccc7c6oc6ccccc67)c5)c5cc6ccccc6c6ccccc56)c4)ccc3c3ccccc23)cc1. The van der Waals surface area contributed by atoms with Crippen molar-refractivity contribution in [1.82, 2.24) is 0 Å². The zero-order valence-corrected chi connectivity index (χ0v) is 36.0. The summed E-state index contributed by atoms with van der Waals surface area (Å²) in [6, 6.07) is 90.4. The van der Waals surface area contributed by atoms with E-state index in [1.165, 1.54) is 65.3 Å². The third-order valence-corrected chi connectivity index (χ3v) is 13.4. The average molecular weight is 840 g/mol. The Hall–Kier alpha value is -8.72. The molecule has 0 saturated carbocycles. The normalized spacial score (nSPS) is 11.6. The first-order chi connectivity index (χ1) is 32.7. The maximum Gasteiger partial charge on any atom is 0.143 e. The number of benzene rings is 12. The Balaban J connectivity index is 1.04. The van der Waals surface area contributed by atoms with Crippen molar-refractivity contribution in [2.24, 2.45) is 0 Å². The van der Waals surface area contributed by atoms with Crippen LogP contribution in [0.2, 0.25) is 0 Å². The first-order valence-electron chi connectivity index (χ1n) is 22.7. The highest BCUT2D eigenvalue weighted by molar-refractivity contribution is 6.22. The highest BCUT2D eigenvalue weighted by Gasteiger charge is 2.22. The Bertz CT molecular complexity index is 4000. The summed E-state index contributed by atoms with van der Waals surface area (Å²) >= 11 is 0. The minimum Gasteiger partial charge on any atom is -0.455 e. The van der Waals surface area contributed by atoms with E-state index in [1.54, 1.807) is 0 Å². The third kappa shape index (κ3) is 6.18. The van der Waals surface area contributed by atoms with E-state index in [4.69, 9.17) is 4.42 Å². The standard InChI is InChI=1S/C64H41NO/c1-3-18-42(19-4-1)62-57-32-12-10-29-53(57)54-37-36-45(40-59(54)63(62)43-20-5-2-6-21-43)44-23-15-25-48(38-44)65(60-41-47-22-7-8-27-50(47)52-28-9-11-30-55(52)60)49-26-16-24-46(39-49)51-33-17-34-58-56-31-13-14-35-61(56)66-64(51)58/h1-41H. The van der Waals surface area contributed by atoms with E-state index in [9.17, 15) is 0 Å². The van der Waals surface area contributed by atoms with Crippen molar-refractivity contribution < 1.29 is 4.42 Å². The fourth-order valence-corrected chi connectivity index (χ4v) is 10.4. The molecule has 0 radical (unpaired) electrons. The van der Waals surface area contributed by atoms with E-state index in [0.29, 0.717) is 0 Å². The van der Waals surface area contributed by atoms with Crippen LogP contribution in [0.4, 0.5) is 17.1 Å². The molecule has 308 valence electrons. The number of nitrogens with zero attached hydrogens (tertiary/aromatic N) is 1. The zero-order valence-electron chi connectivity index (χ0n) is 36.0. The maximum atomic E-state index is 6.59. The highest BCUT2D eigenvalue weighted by atomic mass is 16.3. The Morgan fingerprint density at radius 2 is 0.773 bits per heavy atom. The Morgan fingerprint density at radius 3 is 1.52 bits per heavy atom. The van der Waals surface area contributed by atoms with E-state index >= 15 is 0 Å². The van der Waals surface area contributed by atoms with Gasteiger partial charge in [0.15, 0.2) is 0 Å². The minimum atomic E-state index is 0.895. The molecule has 0 aliphatic rings. The van der Waals surface area contributed by atoms with Gasteiger partial charge in [0, 0.05) is 33.1 Å². The Kier molecular flexibility index (Phi) is 8.89. The quantitative estimate of drug-likeness (QED) is 0.149. The number of hydrogen-bond acceptors (Lipinski definition) is 2. The van der Waals surface area contributed by atoms with Gasteiger partial charge in [-0.1, -0.05) is 206 Å². The predicted octanol–water partition coefficient (Wildman–Crippen LogP) is 18.3. The molecular formula is C64H41NO. The molecule has 0 N–H and O–H groups in total. The van der Waals surface area contributed by atoms with Crippen LogP contribution in [0.5, 0.6) is 0 Å². The van der Waals surface area contributed by atoms with Crippen molar-refractivity contribution in [1.29, 1.82) is 0 Å². The summed E-state index contributed by atoms with van der Waals surface area (Å²) in [7, 11) is 0. The molecule has 0 fully saturated rings. The third-order valence-electron chi connectivity index (χ3n) is 13.4. The predicted molar refractivity (Wildman–Crippen MR) is 280 cm³/mol. The fraction of sp³-hybridized carbons (Fsp3) is 0. The molecule has 0 saturated heterocycles. The minimum absolute atomic E-state index is 0.895. The smallest absolute Gasteiger partial charge is 0.143 e. The highest BCUT2D eigenvalue weighted by Crippen LogP contribution is 2.48. The number of furan rings is 1. The second-order valence-electron chi connectivity index (χ2n) is 17.2. The molecule has 1 aromatic heterocycles. The molecule has 0 bridgehead atoms. The topological polar surface area (TPSA) is 16.4 Å². The van der Waals surface area contributed by atoms with Crippen LogP contribution in [0.15, 0.2) is 253 Å². The van der Waals surface area contributed by atoms with Gasteiger partial charge in [-0.2, -0.15) is 0 Å². The molecule has 0 aliphatic heterocycles. The summed E-state index contributed by atoms with van der Waals surface area (Å²) in [6.45, 7) is 0. The van der Waals surface area contributed by atoms with Crippen LogP contribution in [0.25, 0.3) is 110 Å². The zero-order chi connectivity index (χ0) is 43.6. The molecule has 13 rings (SSSR count). The second-order valence-corrected chi connectivity index (χ2v) is 17.2. The Morgan fingerprint density at radius 1 is 0.273 bits per heavy atom. The van der Waals surface area contributed by atoms with E-state index in [1.807, 2.05) is 6.07 Å². The molecule has 2 heteroatoms. The van der Waals surface area contributed by atoms with Gasteiger partial charge >= 0.3 is 0 Å². The fourth-order valence-electron chi connectivity index (χ4n) is 10.4. The van der Waals surface area contributed by atoms with Gasteiger partial charge < -0.3 is 9.32 Å². The van der Waals surface area contributed by atoms with Crippen molar-refractivity contribution in [3.05, 3.63) is 249 Å². The number of anilines is 3. The van der Waals surface area contributed by atoms with Crippen molar-refractivity contribution >= 4 is 82.1 Å². The molecule has 0 unspecified atom stereocenters. The second kappa shape index (κ2) is 15.5. The lowest BCUT2D eigenvalue weighted by Crippen LogP contribution is -2.11. The maximum absolute atomic E-state index is 6.59. The van der Waals surface area contributed by atoms with Gasteiger partial charge in [-0.15, -0.1) is 0 Å². The van der Waals surface area contributed by atoms with Crippen molar-refractivity contribution in [3.63, 3.8) is 0 Å². The summed E-state index contributed by atoms with van der Waals surface area (Å²) < 4.78 is 6.59. The monoisotopic (exact) mass is 839 g/mol. The lowest BCUT2D eigenvalue weighted by atomic mass is 9.84. The number of hydrogen-bond donors (Lipinski definition) is 0. The van der Waals surface area contributed by atoms with Crippen molar-refractivity contribution in [3.8, 4) is 44.5 Å². The first kappa shape index (κ1) is 37.8. The number of rotatable bonds is 7. The van der Waals surface area contributed by atoms with Crippen LogP contribution in [0.3, 0.4) is 0 Å². The van der Waals surface area contributed by atoms with Crippen LogP contribution >= 0.6 is 0 Å². The van der Waals surface area contributed by atoms with E-state index in [0.717, 1.165) is 61.3 Å². The molecule has 0 spiro atoms. The molecule has 0 aliphatic carbocycles. The van der Waals surface area contributed by atoms with Gasteiger partial charge in [-0.05, 0) is 119 Å². The first-order valence-corrected chi connectivity index (χ1v) is 22.7. The van der Waals surface area contributed by atoms with Gasteiger partial charge in [-0.3, -0.25) is 0 Å². The van der Waals surface area contributed by atoms with Crippen LogP contribution in [-0.4, -0.2) is 0 Å². The van der Waals surface area contributed by atoms with Crippen LogP contribution in [0, 0.1) is 0 Å². The largest absolute Gasteiger partial charge is 0.455 e. The van der Waals surface area contributed by atoms with E-state index in [2.05, 4.69) is 248 Å². The average Bonchev–Trinajstić information content (AvgIpc) is 3.78. The van der Waals surface area contributed by atoms with Crippen LogP contribution in [0.1, 0.15) is 0 Å². The van der Waals surface area contributed by atoms with Gasteiger partial charge in [-0.25, -0.2) is 0 Å². The van der Waals surface area contributed by atoms with Crippen LogP contribution < -0.4 is 4.90 Å². The molecule has 1 heterocycles. The summed E-state index contributed by atoms with van der Waals surface area (Å²) in [4.78, 5) is 2.44. The molecule has 66 heavy (non-hydrogen) atoms. The number of fused-ring (bicyclic) bond motifs is 9. The molecule has 13 aromatic rings. The number of para-hydroxylation sites is 2. The van der Waals surface area contributed by atoms with E-state index < -0.39 is 0 Å². The van der Waals surface area contributed by atoms with Crippen molar-refractivity contribution in [2.75, 3.05) is 4.90 Å². The van der Waals surface area contributed by atoms with Gasteiger partial charge in [0.25, 0.3) is 0 Å². The summed E-state index contributed by atoms with van der Waals surface area (Å²) in [5, 5.41) is 12.1. The van der Waals surface area contributed by atoms with E-state index in [-0.39, 0.29) is 0 Å². The Labute approximate surface area is 382 Å². The van der Waals surface area contributed by atoms with Gasteiger partial charge in [0.05, 0.1) is 5.69 Å². The van der Waals surface area contributed by atoms with Crippen LogP contribution in [-0.2, 0) is 0 Å². The molecular weight excluding hydrogens is 799 g/mol. The molecule has 2 nitrogen and oxygen atoms in total. The van der Waals surface area contributed by atoms with Crippen molar-refractivity contribution in [2.45, 2.75) is 0 Å². The lowest BCUT2D eigenvalue weighted by Gasteiger charge is -2.28. The molecule has 0 amide bonds. The molecule has 12 aromatic carbocycles.